The van der Waals surface area contributed by atoms with Crippen LogP contribution >= 0.6 is 0 Å². The molecule has 1 aliphatic heterocycles. The van der Waals surface area contributed by atoms with E-state index in [1.54, 1.807) is 30.3 Å². The highest BCUT2D eigenvalue weighted by atomic mass is 32.2. The minimum atomic E-state index is -3.50. The molecule has 2 rings (SSSR count). The summed E-state index contributed by atoms with van der Waals surface area (Å²) in [7, 11) is -3.50. The molecule has 1 atom stereocenters. The van der Waals surface area contributed by atoms with Crippen molar-refractivity contribution >= 4 is 15.9 Å². The Labute approximate surface area is 132 Å². The number of hydrogen-bond acceptors (Lipinski definition) is 3. The third-order valence-electron chi connectivity index (χ3n) is 3.97. The van der Waals surface area contributed by atoms with Crippen molar-refractivity contribution in [3.63, 3.8) is 0 Å². The summed E-state index contributed by atoms with van der Waals surface area (Å²) in [5.41, 5.74) is 0. The Balaban J connectivity index is 2.03. The van der Waals surface area contributed by atoms with Crippen molar-refractivity contribution < 1.29 is 13.2 Å². The molecule has 0 radical (unpaired) electrons. The second kappa shape index (κ2) is 7.74. The molecule has 1 saturated heterocycles. The average molecular weight is 324 g/mol. The van der Waals surface area contributed by atoms with Crippen LogP contribution < -0.4 is 5.32 Å². The summed E-state index contributed by atoms with van der Waals surface area (Å²) >= 11 is 0. The molecule has 1 N–H and O–H groups in total. The van der Waals surface area contributed by atoms with Gasteiger partial charge in [0.1, 0.15) is 0 Å². The number of piperidine rings is 1. The fourth-order valence-electron chi connectivity index (χ4n) is 2.65. The zero-order valence-corrected chi connectivity index (χ0v) is 13.8. The summed E-state index contributed by atoms with van der Waals surface area (Å²) in [4.78, 5) is 12.4. The average Bonchev–Trinajstić information content (AvgIpc) is 2.56. The summed E-state index contributed by atoms with van der Waals surface area (Å²) in [5.74, 6) is -0.273. The molecule has 6 heteroatoms. The van der Waals surface area contributed by atoms with E-state index in [4.69, 9.17) is 0 Å². The minimum Gasteiger partial charge on any atom is -0.356 e. The van der Waals surface area contributed by atoms with Gasteiger partial charge in [0.25, 0.3) is 0 Å². The van der Waals surface area contributed by atoms with Gasteiger partial charge in [-0.15, -0.1) is 0 Å². The lowest BCUT2D eigenvalue weighted by atomic mass is 9.99. The van der Waals surface area contributed by atoms with Crippen molar-refractivity contribution in [2.45, 2.75) is 37.5 Å². The highest BCUT2D eigenvalue weighted by molar-refractivity contribution is 7.89. The molecule has 0 unspecified atom stereocenters. The number of amides is 1. The van der Waals surface area contributed by atoms with Gasteiger partial charge in [0.05, 0.1) is 10.8 Å². The first-order chi connectivity index (χ1) is 10.6. The van der Waals surface area contributed by atoms with E-state index in [9.17, 15) is 13.2 Å². The summed E-state index contributed by atoms with van der Waals surface area (Å²) in [6.07, 6.45) is 3.45. The fraction of sp³-hybridized carbons (Fsp3) is 0.562. The summed E-state index contributed by atoms with van der Waals surface area (Å²) in [5, 5.41) is 2.90. The van der Waals surface area contributed by atoms with Crippen LogP contribution in [0.2, 0.25) is 0 Å². The normalized spacial score (nSPS) is 19.8. The van der Waals surface area contributed by atoms with Gasteiger partial charge in [-0.25, -0.2) is 8.42 Å². The van der Waals surface area contributed by atoms with Crippen LogP contribution in [0.15, 0.2) is 35.2 Å². The number of hydrogen-bond donors (Lipinski definition) is 1. The summed E-state index contributed by atoms with van der Waals surface area (Å²) < 4.78 is 26.7. The van der Waals surface area contributed by atoms with Gasteiger partial charge >= 0.3 is 0 Å². The lowest BCUT2D eigenvalue weighted by Crippen LogP contribution is -2.45. The van der Waals surface area contributed by atoms with Crippen molar-refractivity contribution in [1.29, 1.82) is 0 Å². The molecule has 0 saturated carbocycles. The molecular weight excluding hydrogens is 300 g/mol. The predicted octanol–water partition coefficient (Wildman–Crippen LogP) is 2.00. The van der Waals surface area contributed by atoms with E-state index in [2.05, 4.69) is 12.2 Å². The number of carbonyl (C=O) groups is 1. The highest BCUT2D eigenvalue weighted by Crippen LogP contribution is 2.23. The Bertz CT molecular complexity index is 587. The van der Waals surface area contributed by atoms with E-state index < -0.39 is 10.0 Å². The van der Waals surface area contributed by atoms with Crippen LogP contribution in [0.1, 0.15) is 32.6 Å². The summed E-state index contributed by atoms with van der Waals surface area (Å²) in [6.45, 7) is 3.49. The van der Waals surface area contributed by atoms with Gasteiger partial charge in [0.2, 0.25) is 15.9 Å². The van der Waals surface area contributed by atoms with Crippen LogP contribution in [0.5, 0.6) is 0 Å². The molecule has 0 aromatic heterocycles. The van der Waals surface area contributed by atoms with E-state index in [0.717, 1.165) is 25.7 Å². The molecular formula is C16H24N2O3S. The predicted molar refractivity (Wildman–Crippen MR) is 85.8 cm³/mol. The minimum absolute atomic E-state index is 0.0265. The highest BCUT2D eigenvalue weighted by Gasteiger charge is 2.32. The standard InChI is InChI=1S/C16H24N2O3S/c1-2-3-11-17-16(19)14-8-7-12-18(13-14)22(20,21)15-9-5-4-6-10-15/h4-6,9-10,14H,2-3,7-8,11-13H2,1H3,(H,17,19)/t14-/m1/s1. The number of unbranched alkanes of at least 4 members (excludes halogenated alkanes) is 1. The van der Waals surface area contributed by atoms with Gasteiger partial charge in [0, 0.05) is 19.6 Å². The Hall–Kier alpha value is -1.40. The SMILES string of the molecule is CCCCNC(=O)[C@@H]1CCCN(S(=O)(=O)c2ccccc2)C1. The number of nitrogens with one attached hydrogen (secondary N) is 1. The first-order valence-electron chi connectivity index (χ1n) is 7.88. The van der Waals surface area contributed by atoms with Crippen molar-refractivity contribution in [2.24, 2.45) is 5.92 Å². The monoisotopic (exact) mass is 324 g/mol. The second-order valence-corrected chi connectivity index (χ2v) is 7.60. The van der Waals surface area contributed by atoms with Gasteiger partial charge in [-0.05, 0) is 31.4 Å². The molecule has 1 heterocycles. The molecule has 1 aliphatic rings. The van der Waals surface area contributed by atoms with Gasteiger partial charge in [-0.1, -0.05) is 31.5 Å². The topological polar surface area (TPSA) is 66.5 Å². The molecule has 5 nitrogen and oxygen atoms in total. The van der Waals surface area contributed by atoms with Crippen molar-refractivity contribution in [3.05, 3.63) is 30.3 Å². The van der Waals surface area contributed by atoms with Crippen LogP contribution in [0, 0.1) is 5.92 Å². The molecule has 0 bridgehead atoms. The maximum Gasteiger partial charge on any atom is 0.243 e. The lowest BCUT2D eigenvalue weighted by Gasteiger charge is -2.31. The van der Waals surface area contributed by atoms with Crippen molar-refractivity contribution in [3.8, 4) is 0 Å². The maximum atomic E-state index is 12.6. The van der Waals surface area contributed by atoms with Gasteiger partial charge in [-0.2, -0.15) is 4.31 Å². The van der Waals surface area contributed by atoms with E-state index in [1.165, 1.54) is 4.31 Å². The van der Waals surface area contributed by atoms with E-state index in [0.29, 0.717) is 18.0 Å². The van der Waals surface area contributed by atoms with Crippen LogP contribution in [0.25, 0.3) is 0 Å². The smallest absolute Gasteiger partial charge is 0.243 e. The van der Waals surface area contributed by atoms with Crippen molar-refractivity contribution in [2.75, 3.05) is 19.6 Å². The van der Waals surface area contributed by atoms with Crippen LogP contribution in [-0.2, 0) is 14.8 Å². The number of sulfonamides is 1. The van der Waals surface area contributed by atoms with E-state index >= 15 is 0 Å². The molecule has 0 spiro atoms. The first-order valence-corrected chi connectivity index (χ1v) is 9.32. The summed E-state index contributed by atoms with van der Waals surface area (Å²) in [6, 6.07) is 8.41. The zero-order valence-electron chi connectivity index (χ0n) is 13.0. The molecule has 0 aliphatic carbocycles. The van der Waals surface area contributed by atoms with Crippen LogP contribution in [0.4, 0.5) is 0 Å². The number of benzene rings is 1. The van der Waals surface area contributed by atoms with Gasteiger partial charge in [-0.3, -0.25) is 4.79 Å². The number of nitrogens with zero attached hydrogens (tertiary/aromatic N) is 1. The van der Waals surface area contributed by atoms with Crippen LogP contribution in [-0.4, -0.2) is 38.3 Å². The molecule has 1 aromatic carbocycles. The van der Waals surface area contributed by atoms with Crippen LogP contribution in [0.3, 0.4) is 0 Å². The lowest BCUT2D eigenvalue weighted by molar-refractivity contribution is -0.126. The third kappa shape index (κ3) is 4.08. The maximum absolute atomic E-state index is 12.6. The molecule has 22 heavy (non-hydrogen) atoms. The first kappa shape index (κ1) is 17.0. The quantitative estimate of drug-likeness (QED) is 0.814. The zero-order chi connectivity index (χ0) is 16.0. The van der Waals surface area contributed by atoms with E-state index in [-0.39, 0.29) is 18.4 Å². The molecule has 1 aromatic rings. The second-order valence-electron chi connectivity index (χ2n) is 5.66. The van der Waals surface area contributed by atoms with E-state index in [1.807, 2.05) is 0 Å². The Morgan fingerprint density at radius 2 is 2.05 bits per heavy atom. The molecule has 122 valence electrons. The van der Waals surface area contributed by atoms with Crippen molar-refractivity contribution in [1.82, 2.24) is 9.62 Å². The number of rotatable bonds is 6. The number of carbonyl (C=O) groups excluding carboxylic acids is 1. The fourth-order valence-corrected chi connectivity index (χ4v) is 4.19. The largest absolute Gasteiger partial charge is 0.356 e. The Morgan fingerprint density at radius 3 is 2.73 bits per heavy atom. The molecule has 1 amide bonds. The van der Waals surface area contributed by atoms with Gasteiger partial charge in [0.15, 0.2) is 0 Å². The van der Waals surface area contributed by atoms with Gasteiger partial charge < -0.3 is 5.32 Å². The third-order valence-corrected chi connectivity index (χ3v) is 5.84. The Kier molecular flexibility index (Phi) is 5.97. The Morgan fingerprint density at radius 1 is 1.32 bits per heavy atom. The molecule has 1 fully saturated rings.